The molecular weight excluding hydrogens is 373 g/mol. The minimum absolute atomic E-state index is 0.0389. The summed E-state index contributed by atoms with van der Waals surface area (Å²) in [5.41, 5.74) is 3.38. The summed E-state index contributed by atoms with van der Waals surface area (Å²) in [6.45, 7) is 4.03. The van der Waals surface area contributed by atoms with E-state index in [2.05, 4.69) is 10.6 Å². The van der Waals surface area contributed by atoms with Crippen LogP contribution in [0.3, 0.4) is 0 Å². The van der Waals surface area contributed by atoms with Crippen molar-refractivity contribution in [2.45, 2.75) is 26.3 Å². The van der Waals surface area contributed by atoms with Crippen molar-refractivity contribution in [2.24, 2.45) is 0 Å². The van der Waals surface area contributed by atoms with Crippen LogP contribution in [0.4, 0.5) is 17.1 Å². The molecule has 136 valence electrons. The number of amides is 2. The third-order valence-corrected chi connectivity index (χ3v) is 4.87. The molecule has 0 unspecified atom stereocenters. The highest BCUT2D eigenvalue weighted by Gasteiger charge is 2.23. The Kier molecular flexibility index (Phi) is 5.39. The number of carbonyl (C=O) groups excluding carboxylic acids is 2. The fraction of sp³-hybridized carbons (Fsp3) is 0.263. The van der Waals surface area contributed by atoms with Crippen molar-refractivity contribution >= 4 is 52.1 Å². The first-order valence-corrected chi connectivity index (χ1v) is 9.04. The lowest BCUT2D eigenvalue weighted by Crippen LogP contribution is -2.32. The van der Waals surface area contributed by atoms with Gasteiger partial charge in [-0.25, -0.2) is 0 Å². The highest BCUT2D eigenvalue weighted by molar-refractivity contribution is 6.36. The van der Waals surface area contributed by atoms with Crippen molar-refractivity contribution in [3.8, 4) is 0 Å². The van der Waals surface area contributed by atoms with Gasteiger partial charge >= 0.3 is 0 Å². The molecule has 5 nitrogen and oxygen atoms in total. The quantitative estimate of drug-likeness (QED) is 0.814. The van der Waals surface area contributed by atoms with E-state index in [9.17, 15) is 9.59 Å². The van der Waals surface area contributed by atoms with Crippen molar-refractivity contribution < 1.29 is 9.59 Å². The van der Waals surface area contributed by atoms with Crippen molar-refractivity contribution in [1.82, 2.24) is 0 Å². The van der Waals surface area contributed by atoms with Crippen LogP contribution in [0.1, 0.15) is 19.4 Å². The van der Waals surface area contributed by atoms with Gasteiger partial charge in [0.2, 0.25) is 11.8 Å². The summed E-state index contributed by atoms with van der Waals surface area (Å²) in [7, 11) is 0. The molecule has 1 atom stereocenters. The lowest BCUT2D eigenvalue weighted by Gasteiger charge is -2.18. The number of benzene rings is 2. The van der Waals surface area contributed by atoms with Gasteiger partial charge in [-0.1, -0.05) is 23.2 Å². The van der Waals surface area contributed by atoms with Crippen LogP contribution in [0, 0.1) is 0 Å². The van der Waals surface area contributed by atoms with E-state index in [0.29, 0.717) is 22.3 Å². The molecule has 2 amide bonds. The summed E-state index contributed by atoms with van der Waals surface area (Å²) in [4.78, 5) is 25.8. The summed E-state index contributed by atoms with van der Waals surface area (Å²) in [5, 5.41) is 6.87. The average molecular weight is 392 g/mol. The van der Waals surface area contributed by atoms with Gasteiger partial charge in [0.1, 0.15) is 6.04 Å². The summed E-state index contributed by atoms with van der Waals surface area (Å²) >= 11 is 12.0. The molecule has 2 N–H and O–H groups in total. The largest absolute Gasteiger partial charge is 0.374 e. The second-order valence-electron chi connectivity index (χ2n) is 6.24. The number of anilines is 3. The average Bonchev–Trinajstić information content (AvgIpc) is 3.00. The van der Waals surface area contributed by atoms with E-state index >= 15 is 0 Å². The maximum Gasteiger partial charge on any atom is 0.246 e. The molecule has 1 aliphatic rings. The van der Waals surface area contributed by atoms with Gasteiger partial charge in [0.25, 0.3) is 0 Å². The summed E-state index contributed by atoms with van der Waals surface area (Å²) in [6.07, 6.45) is 0.811. The smallest absolute Gasteiger partial charge is 0.246 e. The Hall–Kier alpha value is -2.24. The van der Waals surface area contributed by atoms with E-state index in [1.165, 1.54) is 0 Å². The van der Waals surface area contributed by atoms with Crippen LogP contribution in [-0.4, -0.2) is 24.4 Å². The number of carbonyl (C=O) groups is 2. The van der Waals surface area contributed by atoms with Crippen molar-refractivity contribution in [3.63, 3.8) is 0 Å². The van der Waals surface area contributed by atoms with E-state index in [1.54, 1.807) is 36.9 Å². The molecule has 0 spiro atoms. The SMILES string of the molecule is CC(=O)N1CCc2cc(N[C@H](C)C(=O)Nc3ccc(Cl)cc3Cl)ccc21. The first kappa shape index (κ1) is 18.5. The molecule has 1 heterocycles. The van der Waals surface area contributed by atoms with Crippen molar-refractivity contribution in [1.29, 1.82) is 0 Å². The van der Waals surface area contributed by atoms with Gasteiger partial charge in [-0.3, -0.25) is 9.59 Å². The van der Waals surface area contributed by atoms with E-state index in [0.717, 1.165) is 23.4 Å². The lowest BCUT2D eigenvalue weighted by atomic mass is 10.1. The van der Waals surface area contributed by atoms with Crippen LogP contribution < -0.4 is 15.5 Å². The highest BCUT2D eigenvalue weighted by Crippen LogP contribution is 2.31. The molecule has 2 aromatic rings. The van der Waals surface area contributed by atoms with Gasteiger partial charge in [-0.15, -0.1) is 0 Å². The maximum absolute atomic E-state index is 12.4. The Labute approximate surface area is 162 Å². The summed E-state index contributed by atoms with van der Waals surface area (Å²) in [6, 6.07) is 10.2. The molecule has 1 aliphatic heterocycles. The molecule has 2 aromatic carbocycles. The van der Waals surface area contributed by atoms with E-state index in [4.69, 9.17) is 23.2 Å². The molecule has 7 heteroatoms. The Morgan fingerprint density at radius 3 is 2.62 bits per heavy atom. The number of halogens is 2. The minimum Gasteiger partial charge on any atom is -0.374 e. The molecular formula is C19H19Cl2N3O2. The van der Waals surface area contributed by atoms with Gasteiger partial charge in [-0.05, 0) is 55.3 Å². The molecule has 0 bridgehead atoms. The van der Waals surface area contributed by atoms with Crippen molar-refractivity contribution in [3.05, 3.63) is 52.0 Å². The van der Waals surface area contributed by atoms with Crippen LogP contribution in [0.5, 0.6) is 0 Å². The number of rotatable bonds is 4. The second-order valence-corrected chi connectivity index (χ2v) is 7.09. The number of hydrogen-bond donors (Lipinski definition) is 2. The number of hydrogen-bond acceptors (Lipinski definition) is 3. The van der Waals surface area contributed by atoms with Gasteiger partial charge in [-0.2, -0.15) is 0 Å². The Bertz CT molecular complexity index is 870. The number of nitrogens with zero attached hydrogens (tertiary/aromatic N) is 1. The van der Waals surface area contributed by atoms with E-state index < -0.39 is 6.04 Å². The zero-order chi connectivity index (χ0) is 18.8. The van der Waals surface area contributed by atoms with E-state index in [1.807, 2.05) is 18.2 Å². The lowest BCUT2D eigenvalue weighted by molar-refractivity contribution is -0.117. The highest BCUT2D eigenvalue weighted by atomic mass is 35.5. The molecule has 26 heavy (non-hydrogen) atoms. The monoisotopic (exact) mass is 391 g/mol. The standard InChI is InChI=1S/C19H19Cl2N3O2/c1-11(19(26)23-17-5-3-14(20)10-16(17)21)22-15-4-6-18-13(9-15)7-8-24(18)12(2)25/h3-6,9-11,22H,7-8H2,1-2H3,(H,23,26)/t11-/m1/s1. The topological polar surface area (TPSA) is 61.4 Å². The fourth-order valence-electron chi connectivity index (χ4n) is 2.97. The summed E-state index contributed by atoms with van der Waals surface area (Å²) < 4.78 is 0. The molecule has 0 saturated carbocycles. The predicted octanol–water partition coefficient (Wildman–Crippen LogP) is 4.34. The molecule has 0 saturated heterocycles. The van der Waals surface area contributed by atoms with E-state index in [-0.39, 0.29) is 11.8 Å². The first-order valence-electron chi connectivity index (χ1n) is 8.28. The zero-order valence-electron chi connectivity index (χ0n) is 14.5. The number of fused-ring (bicyclic) bond motifs is 1. The Morgan fingerprint density at radius 1 is 1.15 bits per heavy atom. The molecule has 0 aliphatic carbocycles. The van der Waals surface area contributed by atoms with Crippen LogP contribution in [0.2, 0.25) is 10.0 Å². The third-order valence-electron chi connectivity index (χ3n) is 4.32. The molecule has 0 fully saturated rings. The van der Waals surface area contributed by atoms with Crippen LogP contribution >= 0.6 is 23.2 Å². The third kappa shape index (κ3) is 3.94. The zero-order valence-corrected chi connectivity index (χ0v) is 16.0. The van der Waals surface area contributed by atoms with Gasteiger partial charge in [0.15, 0.2) is 0 Å². The second kappa shape index (κ2) is 7.56. The normalized spacial score (nSPS) is 13.9. The minimum atomic E-state index is -0.467. The van der Waals surface area contributed by atoms with Gasteiger partial charge in [0.05, 0.1) is 10.7 Å². The molecule has 0 aromatic heterocycles. The Morgan fingerprint density at radius 2 is 1.92 bits per heavy atom. The van der Waals surface area contributed by atoms with Crippen LogP contribution in [0.25, 0.3) is 0 Å². The van der Waals surface area contributed by atoms with Gasteiger partial charge in [0, 0.05) is 29.9 Å². The Balaban J connectivity index is 1.67. The van der Waals surface area contributed by atoms with Crippen molar-refractivity contribution in [2.75, 3.05) is 22.1 Å². The van der Waals surface area contributed by atoms with Gasteiger partial charge < -0.3 is 15.5 Å². The summed E-state index contributed by atoms with van der Waals surface area (Å²) in [5.74, 6) is -0.169. The predicted molar refractivity (Wildman–Crippen MR) is 106 cm³/mol. The molecule has 0 radical (unpaired) electrons. The molecule has 3 rings (SSSR count). The van der Waals surface area contributed by atoms with Crippen LogP contribution in [0.15, 0.2) is 36.4 Å². The maximum atomic E-state index is 12.4. The first-order chi connectivity index (χ1) is 12.3. The number of nitrogens with one attached hydrogen (secondary N) is 2. The van der Waals surface area contributed by atoms with Crippen LogP contribution in [-0.2, 0) is 16.0 Å². The fourth-order valence-corrected chi connectivity index (χ4v) is 3.42.